The molecule has 0 unspecified atom stereocenters. The molecule has 0 N–H and O–H groups in total. The molecule has 9 nitrogen and oxygen atoms in total. The van der Waals surface area contributed by atoms with Crippen molar-refractivity contribution in [2.45, 2.75) is 30.6 Å². The van der Waals surface area contributed by atoms with Gasteiger partial charge in [-0.1, -0.05) is 29.5 Å². The third kappa shape index (κ3) is 4.16. The van der Waals surface area contributed by atoms with E-state index in [-0.39, 0.29) is 5.56 Å². The van der Waals surface area contributed by atoms with Gasteiger partial charge < -0.3 is 0 Å². The highest BCUT2D eigenvalue weighted by Crippen LogP contribution is 2.33. The number of rotatable bonds is 5. The topological polar surface area (TPSA) is 121 Å². The number of non-ortho nitro benzene ring substituents is 2. The number of benzene rings is 2. The molecule has 0 bridgehead atoms. The summed E-state index contributed by atoms with van der Waals surface area (Å²) in [7, 11) is 0. The van der Waals surface area contributed by atoms with Crippen LogP contribution in [0.4, 0.5) is 11.4 Å². The zero-order valence-electron chi connectivity index (χ0n) is 15.8. The lowest BCUT2D eigenvalue weighted by atomic mass is 10.1. The Hall–Kier alpha value is -3.53. The molecular weight excluding hydrogens is 396 g/mol. The van der Waals surface area contributed by atoms with E-state index in [2.05, 4.69) is 5.10 Å². The van der Waals surface area contributed by atoms with Crippen LogP contribution in [0.15, 0.2) is 52.3 Å². The van der Waals surface area contributed by atoms with Gasteiger partial charge in [0.05, 0.1) is 37.8 Å². The Balaban J connectivity index is 2.01. The monoisotopic (exact) mass is 412 g/mol. The van der Waals surface area contributed by atoms with Gasteiger partial charge in [-0.05, 0) is 32.9 Å². The molecule has 0 saturated carbocycles. The minimum Gasteiger partial charge on any atom is -0.267 e. The van der Waals surface area contributed by atoms with Crippen LogP contribution in [-0.2, 0) is 0 Å². The summed E-state index contributed by atoms with van der Waals surface area (Å²) in [4.78, 5) is 35.3. The van der Waals surface area contributed by atoms with E-state index in [0.717, 1.165) is 38.2 Å². The van der Waals surface area contributed by atoms with E-state index in [1.807, 2.05) is 31.2 Å². The number of nitro benzene ring substituents is 2. The van der Waals surface area contributed by atoms with Gasteiger partial charge in [0.25, 0.3) is 17.3 Å². The zero-order valence-corrected chi connectivity index (χ0v) is 16.6. The van der Waals surface area contributed by atoms with E-state index in [1.54, 1.807) is 13.8 Å². The summed E-state index contributed by atoms with van der Waals surface area (Å²) in [5.41, 5.74) is 1.05. The van der Waals surface area contributed by atoms with Crippen LogP contribution in [0.3, 0.4) is 0 Å². The Morgan fingerprint density at radius 1 is 0.966 bits per heavy atom. The second-order valence-electron chi connectivity index (χ2n) is 6.38. The normalized spacial score (nSPS) is 10.7. The molecule has 0 spiro atoms. The van der Waals surface area contributed by atoms with Crippen LogP contribution in [0.1, 0.15) is 27.3 Å². The van der Waals surface area contributed by atoms with Crippen LogP contribution in [0.5, 0.6) is 0 Å². The van der Waals surface area contributed by atoms with Crippen molar-refractivity contribution >= 4 is 29.0 Å². The van der Waals surface area contributed by atoms with Gasteiger partial charge in [0, 0.05) is 17.0 Å². The SMILES string of the molecule is Cc1ccc(Sc2c(C)nn(C(=O)c3cc([N+](=O)[O-])cc([N+](=O)[O-])c3)c2C)cc1. The van der Waals surface area contributed by atoms with Crippen molar-refractivity contribution in [3.05, 3.63) is 85.2 Å². The smallest absolute Gasteiger partial charge is 0.267 e. The Morgan fingerprint density at radius 3 is 2.03 bits per heavy atom. The van der Waals surface area contributed by atoms with Gasteiger partial charge in [-0.3, -0.25) is 25.0 Å². The van der Waals surface area contributed by atoms with E-state index < -0.39 is 27.1 Å². The molecule has 2 aromatic carbocycles. The molecule has 0 fully saturated rings. The number of carbonyl (C=O) groups is 1. The largest absolute Gasteiger partial charge is 0.278 e. The van der Waals surface area contributed by atoms with Crippen molar-refractivity contribution < 1.29 is 14.6 Å². The predicted molar refractivity (Wildman–Crippen MR) is 106 cm³/mol. The van der Waals surface area contributed by atoms with Gasteiger partial charge >= 0.3 is 0 Å². The zero-order chi connectivity index (χ0) is 21.3. The van der Waals surface area contributed by atoms with Crippen molar-refractivity contribution in [3.8, 4) is 0 Å². The molecule has 0 radical (unpaired) electrons. The number of aromatic nitrogens is 2. The summed E-state index contributed by atoms with van der Waals surface area (Å²) >= 11 is 1.45. The minimum absolute atomic E-state index is 0.177. The average Bonchev–Trinajstić information content (AvgIpc) is 2.96. The molecule has 0 aliphatic heterocycles. The number of hydrogen-bond donors (Lipinski definition) is 0. The van der Waals surface area contributed by atoms with E-state index in [0.29, 0.717) is 11.4 Å². The van der Waals surface area contributed by atoms with Crippen LogP contribution in [0, 0.1) is 41.0 Å². The lowest BCUT2D eigenvalue weighted by molar-refractivity contribution is -0.394. The summed E-state index contributed by atoms with van der Waals surface area (Å²) in [6, 6.07) is 10.7. The highest BCUT2D eigenvalue weighted by atomic mass is 32.2. The highest BCUT2D eigenvalue weighted by Gasteiger charge is 2.24. The van der Waals surface area contributed by atoms with Crippen molar-refractivity contribution in [3.63, 3.8) is 0 Å². The van der Waals surface area contributed by atoms with E-state index >= 15 is 0 Å². The van der Waals surface area contributed by atoms with Gasteiger partial charge in [0.1, 0.15) is 0 Å². The lowest BCUT2D eigenvalue weighted by Gasteiger charge is -2.05. The van der Waals surface area contributed by atoms with E-state index in [4.69, 9.17) is 0 Å². The van der Waals surface area contributed by atoms with Crippen molar-refractivity contribution in [1.82, 2.24) is 9.78 Å². The van der Waals surface area contributed by atoms with Crippen LogP contribution in [0.2, 0.25) is 0 Å². The second-order valence-corrected chi connectivity index (χ2v) is 7.47. The van der Waals surface area contributed by atoms with Gasteiger partial charge in [0.2, 0.25) is 0 Å². The van der Waals surface area contributed by atoms with Crippen LogP contribution in [-0.4, -0.2) is 25.5 Å². The van der Waals surface area contributed by atoms with Crippen LogP contribution >= 0.6 is 11.8 Å². The molecule has 10 heteroatoms. The summed E-state index contributed by atoms with van der Waals surface area (Å²) in [6.07, 6.45) is 0. The van der Waals surface area contributed by atoms with Crippen LogP contribution in [0.25, 0.3) is 0 Å². The van der Waals surface area contributed by atoms with Crippen molar-refractivity contribution in [1.29, 1.82) is 0 Å². The fourth-order valence-electron chi connectivity index (χ4n) is 2.75. The number of nitro groups is 2. The third-order valence-corrected chi connectivity index (χ3v) is 5.53. The Kier molecular flexibility index (Phi) is 5.46. The molecular formula is C19H16N4O5S. The molecule has 0 aliphatic rings. The highest BCUT2D eigenvalue weighted by molar-refractivity contribution is 7.99. The molecule has 3 aromatic rings. The minimum atomic E-state index is -0.774. The first-order valence-corrected chi connectivity index (χ1v) is 9.28. The first-order chi connectivity index (χ1) is 13.7. The summed E-state index contributed by atoms with van der Waals surface area (Å²) in [5, 5.41) is 26.4. The maximum atomic E-state index is 12.9. The maximum Gasteiger partial charge on any atom is 0.278 e. The molecule has 1 heterocycles. The first kappa shape index (κ1) is 20.2. The van der Waals surface area contributed by atoms with Crippen molar-refractivity contribution in [2.24, 2.45) is 0 Å². The van der Waals surface area contributed by atoms with Gasteiger partial charge in [0.15, 0.2) is 0 Å². The van der Waals surface area contributed by atoms with Gasteiger partial charge in [-0.25, -0.2) is 0 Å². The van der Waals surface area contributed by atoms with E-state index in [1.165, 1.54) is 11.8 Å². The number of carbonyl (C=O) groups excluding carboxylic acids is 1. The fraction of sp³-hybridized carbons (Fsp3) is 0.158. The van der Waals surface area contributed by atoms with Crippen molar-refractivity contribution in [2.75, 3.05) is 0 Å². The summed E-state index contributed by atoms with van der Waals surface area (Å²) in [5.74, 6) is -0.673. The molecule has 0 atom stereocenters. The molecule has 0 amide bonds. The molecule has 0 saturated heterocycles. The molecule has 3 rings (SSSR count). The Bertz CT molecular complexity index is 1110. The fourth-order valence-corrected chi connectivity index (χ4v) is 3.68. The average molecular weight is 412 g/mol. The molecule has 0 aliphatic carbocycles. The maximum absolute atomic E-state index is 12.9. The van der Waals surface area contributed by atoms with Crippen LogP contribution < -0.4 is 0 Å². The Morgan fingerprint density at radius 2 is 1.52 bits per heavy atom. The second kappa shape index (κ2) is 7.84. The molecule has 148 valence electrons. The summed E-state index contributed by atoms with van der Waals surface area (Å²) in [6.45, 7) is 5.45. The summed E-state index contributed by atoms with van der Waals surface area (Å²) < 4.78 is 1.12. The van der Waals surface area contributed by atoms with E-state index in [9.17, 15) is 25.0 Å². The quantitative estimate of drug-likeness (QED) is 0.448. The number of nitrogens with zero attached hydrogens (tertiary/aromatic N) is 4. The lowest BCUT2D eigenvalue weighted by Crippen LogP contribution is -2.16. The first-order valence-electron chi connectivity index (χ1n) is 8.46. The van der Waals surface area contributed by atoms with Gasteiger partial charge in [-0.2, -0.15) is 9.78 Å². The molecule has 1 aromatic heterocycles. The van der Waals surface area contributed by atoms with Gasteiger partial charge in [-0.15, -0.1) is 0 Å². The predicted octanol–water partition coefficient (Wildman–Crippen LogP) is 4.46. The standard InChI is InChI=1S/C19H16N4O5S/c1-11-4-6-17(7-5-11)29-18-12(2)20-21(13(18)3)19(24)14-8-15(22(25)26)10-16(9-14)23(27)28/h4-10H,1-3H3. The Labute approximate surface area is 169 Å². The number of aryl methyl sites for hydroxylation is 2. The molecule has 29 heavy (non-hydrogen) atoms. The third-order valence-electron chi connectivity index (χ3n) is 4.23. The number of hydrogen-bond acceptors (Lipinski definition) is 7.